The van der Waals surface area contributed by atoms with Crippen molar-refractivity contribution in [2.45, 2.75) is 6.92 Å². The van der Waals surface area contributed by atoms with Crippen LogP contribution in [0, 0.1) is 11.3 Å². The number of hydrogen-bond donors (Lipinski definition) is 0. The molecule has 0 spiro atoms. The van der Waals surface area contributed by atoms with E-state index in [4.69, 9.17) is 10.00 Å². The molecular weight excluding hydrogens is 264 g/mol. The first kappa shape index (κ1) is 14.6. The van der Waals surface area contributed by atoms with Gasteiger partial charge in [0.25, 0.3) is 0 Å². The molecule has 0 saturated carbocycles. The highest BCUT2D eigenvalue weighted by Gasteiger charge is 2.14. The van der Waals surface area contributed by atoms with Crippen molar-refractivity contribution < 1.29 is 9.53 Å². The van der Waals surface area contributed by atoms with E-state index in [0.29, 0.717) is 16.8 Å². The molecular formula is C17H16N2O2. The number of nitriles is 1. The molecule has 0 unspecified atom stereocenters. The Morgan fingerprint density at radius 2 is 2.00 bits per heavy atom. The van der Waals surface area contributed by atoms with Gasteiger partial charge < -0.3 is 9.64 Å². The lowest BCUT2D eigenvalue weighted by atomic mass is 10.0. The third kappa shape index (κ3) is 3.03. The molecule has 0 aliphatic heterocycles. The maximum atomic E-state index is 11.8. The number of ketones is 1. The van der Waals surface area contributed by atoms with Gasteiger partial charge in [0.1, 0.15) is 5.75 Å². The van der Waals surface area contributed by atoms with Crippen molar-refractivity contribution in [3.8, 4) is 11.8 Å². The zero-order chi connectivity index (χ0) is 15.4. The van der Waals surface area contributed by atoms with Crippen molar-refractivity contribution in [3.05, 3.63) is 53.6 Å². The predicted molar refractivity (Wildman–Crippen MR) is 82.2 cm³/mol. The molecule has 0 aromatic heterocycles. The first-order valence-electron chi connectivity index (χ1n) is 6.49. The molecule has 4 heteroatoms. The summed E-state index contributed by atoms with van der Waals surface area (Å²) in [6.45, 7) is 1.52. The minimum absolute atomic E-state index is 0.0377. The zero-order valence-electron chi connectivity index (χ0n) is 12.3. The smallest absolute Gasteiger partial charge is 0.161 e. The Kier molecular flexibility index (Phi) is 4.24. The SMILES string of the molecule is COc1cccc(N(C)c2cc(C#N)ccc2C(C)=O)c1. The van der Waals surface area contributed by atoms with Crippen LogP contribution >= 0.6 is 0 Å². The molecule has 106 valence electrons. The average Bonchev–Trinajstić information content (AvgIpc) is 2.53. The summed E-state index contributed by atoms with van der Waals surface area (Å²) in [6, 6.07) is 14.7. The molecule has 0 heterocycles. The topological polar surface area (TPSA) is 53.3 Å². The molecule has 0 bridgehead atoms. The second-order valence-corrected chi connectivity index (χ2v) is 4.66. The Bertz CT molecular complexity index is 717. The standard InChI is InChI=1S/C17H16N2O2/c1-12(20)16-8-7-13(11-18)9-17(16)19(2)14-5-4-6-15(10-14)21-3/h4-10H,1-3H3. The Hall–Kier alpha value is -2.80. The molecule has 2 rings (SSSR count). The van der Waals surface area contributed by atoms with Gasteiger partial charge in [0.15, 0.2) is 5.78 Å². The first-order valence-corrected chi connectivity index (χ1v) is 6.49. The maximum Gasteiger partial charge on any atom is 0.161 e. The van der Waals surface area contributed by atoms with Crippen molar-refractivity contribution in [1.29, 1.82) is 5.26 Å². The molecule has 2 aromatic carbocycles. The molecule has 0 fully saturated rings. The van der Waals surface area contributed by atoms with Crippen LogP contribution in [0.25, 0.3) is 0 Å². The normalized spacial score (nSPS) is 9.81. The summed E-state index contributed by atoms with van der Waals surface area (Å²) in [7, 11) is 3.47. The van der Waals surface area contributed by atoms with Gasteiger partial charge in [0.2, 0.25) is 0 Å². The van der Waals surface area contributed by atoms with Gasteiger partial charge in [-0.3, -0.25) is 4.79 Å². The summed E-state index contributed by atoms with van der Waals surface area (Å²) < 4.78 is 5.22. The molecule has 0 radical (unpaired) electrons. The van der Waals surface area contributed by atoms with Crippen LogP contribution in [-0.2, 0) is 0 Å². The lowest BCUT2D eigenvalue weighted by Crippen LogP contribution is -2.13. The van der Waals surface area contributed by atoms with Gasteiger partial charge >= 0.3 is 0 Å². The monoisotopic (exact) mass is 280 g/mol. The summed E-state index contributed by atoms with van der Waals surface area (Å²) in [5.74, 6) is 0.699. The maximum absolute atomic E-state index is 11.8. The van der Waals surface area contributed by atoms with E-state index >= 15 is 0 Å². The number of methoxy groups -OCH3 is 1. The van der Waals surface area contributed by atoms with Crippen molar-refractivity contribution in [3.63, 3.8) is 0 Å². The Morgan fingerprint density at radius 3 is 2.62 bits per heavy atom. The highest BCUT2D eigenvalue weighted by molar-refractivity contribution is 6.00. The van der Waals surface area contributed by atoms with Crippen LogP contribution in [-0.4, -0.2) is 19.9 Å². The van der Waals surface area contributed by atoms with Gasteiger partial charge in [0, 0.05) is 24.4 Å². The van der Waals surface area contributed by atoms with E-state index in [1.807, 2.05) is 36.2 Å². The van der Waals surface area contributed by atoms with E-state index < -0.39 is 0 Å². The van der Waals surface area contributed by atoms with Crippen LogP contribution in [0.2, 0.25) is 0 Å². The highest BCUT2D eigenvalue weighted by atomic mass is 16.5. The molecule has 0 N–H and O–H groups in total. The molecule has 21 heavy (non-hydrogen) atoms. The second-order valence-electron chi connectivity index (χ2n) is 4.66. The van der Waals surface area contributed by atoms with Crippen molar-refractivity contribution in [2.75, 3.05) is 19.1 Å². The quantitative estimate of drug-likeness (QED) is 0.804. The fourth-order valence-corrected chi connectivity index (χ4v) is 2.13. The van der Waals surface area contributed by atoms with Gasteiger partial charge in [-0.2, -0.15) is 5.26 Å². The number of Topliss-reactive ketones (excluding diaryl/α,β-unsaturated/α-hetero) is 1. The molecule has 2 aromatic rings. The summed E-state index contributed by atoms with van der Waals surface area (Å²) in [6.07, 6.45) is 0. The number of benzene rings is 2. The van der Waals surface area contributed by atoms with Crippen LogP contribution < -0.4 is 9.64 Å². The van der Waals surface area contributed by atoms with Crippen LogP contribution in [0.3, 0.4) is 0 Å². The average molecular weight is 280 g/mol. The van der Waals surface area contributed by atoms with Crippen molar-refractivity contribution in [2.24, 2.45) is 0 Å². The first-order chi connectivity index (χ1) is 10.1. The van der Waals surface area contributed by atoms with Crippen LogP contribution in [0.4, 0.5) is 11.4 Å². The molecule has 0 aliphatic carbocycles. The van der Waals surface area contributed by atoms with E-state index in [0.717, 1.165) is 11.4 Å². The molecule has 0 atom stereocenters. The second kappa shape index (κ2) is 6.10. The van der Waals surface area contributed by atoms with Crippen LogP contribution in [0.1, 0.15) is 22.8 Å². The van der Waals surface area contributed by atoms with Crippen LogP contribution in [0.5, 0.6) is 5.75 Å². The number of anilines is 2. The number of carbonyl (C=O) groups is 1. The highest BCUT2D eigenvalue weighted by Crippen LogP contribution is 2.30. The molecule has 0 saturated heterocycles. The Morgan fingerprint density at radius 1 is 1.24 bits per heavy atom. The van der Waals surface area contributed by atoms with E-state index in [2.05, 4.69) is 6.07 Å². The Balaban J connectivity index is 2.53. The Labute approximate surface area is 124 Å². The van der Waals surface area contributed by atoms with Gasteiger partial charge in [-0.1, -0.05) is 6.07 Å². The fourth-order valence-electron chi connectivity index (χ4n) is 2.13. The third-order valence-corrected chi connectivity index (χ3v) is 3.31. The summed E-state index contributed by atoms with van der Waals surface area (Å²) >= 11 is 0. The number of ether oxygens (including phenoxy) is 1. The van der Waals surface area contributed by atoms with Crippen molar-refractivity contribution >= 4 is 17.2 Å². The lowest BCUT2D eigenvalue weighted by Gasteiger charge is -2.22. The largest absolute Gasteiger partial charge is 0.497 e. The fraction of sp³-hybridized carbons (Fsp3) is 0.176. The van der Waals surface area contributed by atoms with Gasteiger partial charge in [-0.15, -0.1) is 0 Å². The lowest BCUT2D eigenvalue weighted by molar-refractivity contribution is 0.101. The summed E-state index contributed by atoms with van der Waals surface area (Å²) in [5.41, 5.74) is 2.69. The number of hydrogen-bond acceptors (Lipinski definition) is 4. The minimum atomic E-state index is -0.0377. The zero-order valence-corrected chi connectivity index (χ0v) is 12.3. The van der Waals surface area contributed by atoms with Crippen LogP contribution in [0.15, 0.2) is 42.5 Å². The van der Waals surface area contributed by atoms with Gasteiger partial charge in [0.05, 0.1) is 24.4 Å². The van der Waals surface area contributed by atoms with E-state index in [-0.39, 0.29) is 5.78 Å². The van der Waals surface area contributed by atoms with E-state index in [9.17, 15) is 4.79 Å². The molecule has 0 aliphatic rings. The minimum Gasteiger partial charge on any atom is -0.497 e. The summed E-state index contributed by atoms with van der Waals surface area (Å²) in [4.78, 5) is 13.7. The van der Waals surface area contributed by atoms with Crippen molar-refractivity contribution in [1.82, 2.24) is 0 Å². The van der Waals surface area contributed by atoms with Gasteiger partial charge in [-0.25, -0.2) is 0 Å². The number of nitrogens with zero attached hydrogens (tertiary/aromatic N) is 2. The van der Waals surface area contributed by atoms with E-state index in [1.54, 1.807) is 25.3 Å². The third-order valence-electron chi connectivity index (χ3n) is 3.31. The molecule has 0 amide bonds. The predicted octanol–water partition coefficient (Wildman–Crippen LogP) is 3.54. The number of carbonyl (C=O) groups excluding carboxylic acids is 1. The van der Waals surface area contributed by atoms with Gasteiger partial charge in [-0.05, 0) is 37.3 Å². The summed E-state index contributed by atoms with van der Waals surface area (Å²) in [5, 5.41) is 9.05. The number of rotatable bonds is 4. The van der Waals surface area contributed by atoms with E-state index in [1.165, 1.54) is 6.92 Å². The molecule has 4 nitrogen and oxygen atoms in total.